The molecule has 0 aliphatic carbocycles. The average molecular weight is 390 g/mol. The molecule has 0 spiro atoms. The van der Waals surface area contributed by atoms with Gasteiger partial charge >= 0.3 is 0 Å². The Morgan fingerprint density at radius 1 is 1.21 bits per heavy atom. The summed E-state index contributed by atoms with van der Waals surface area (Å²) in [6.45, 7) is 3.90. The number of carbonyl (C=O) groups excluding carboxylic acids is 1. The van der Waals surface area contributed by atoms with Gasteiger partial charge in [-0.3, -0.25) is 4.79 Å². The Morgan fingerprint density at radius 3 is 2.90 bits per heavy atom. The summed E-state index contributed by atoms with van der Waals surface area (Å²) < 4.78 is 7.91. The predicted octanol–water partition coefficient (Wildman–Crippen LogP) is 3.61. The number of hydrogen-bond acceptors (Lipinski definition) is 4. The number of ether oxygens (including phenoxy) is 1. The van der Waals surface area contributed by atoms with Gasteiger partial charge in [-0.15, -0.1) is 0 Å². The Morgan fingerprint density at radius 2 is 2.07 bits per heavy atom. The molecule has 29 heavy (non-hydrogen) atoms. The lowest BCUT2D eigenvalue weighted by Crippen LogP contribution is -2.35. The number of nitrogens with one attached hydrogen (secondary N) is 1. The van der Waals surface area contributed by atoms with Crippen LogP contribution in [0.15, 0.2) is 54.9 Å². The Balaban J connectivity index is 1.39. The van der Waals surface area contributed by atoms with Gasteiger partial charge in [0.25, 0.3) is 0 Å². The van der Waals surface area contributed by atoms with E-state index in [1.54, 1.807) is 6.20 Å². The Bertz CT molecular complexity index is 968. The Labute approximate surface area is 171 Å². The van der Waals surface area contributed by atoms with E-state index in [2.05, 4.69) is 38.9 Å². The smallest absolute Gasteiger partial charge is 0.223 e. The summed E-state index contributed by atoms with van der Waals surface area (Å²) in [5.41, 5.74) is 3.13. The zero-order valence-corrected chi connectivity index (χ0v) is 16.7. The van der Waals surface area contributed by atoms with E-state index in [1.807, 2.05) is 36.5 Å². The van der Waals surface area contributed by atoms with Gasteiger partial charge in [-0.05, 0) is 18.9 Å². The highest BCUT2D eigenvalue weighted by atomic mass is 16.5. The first kappa shape index (κ1) is 19.2. The normalized spacial score (nSPS) is 15.6. The number of carbonyl (C=O) groups is 1. The van der Waals surface area contributed by atoms with Crippen LogP contribution in [0.2, 0.25) is 0 Å². The van der Waals surface area contributed by atoms with Gasteiger partial charge in [0.15, 0.2) is 0 Å². The predicted molar refractivity (Wildman–Crippen MR) is 111 cm³/mol. The van der Waals surface area contributed by atoms with Crippen molar-refractivity contribution in [1.29, 1.82) is 0 Å². The van der Waals surface area contributed by atoms with Crippen LogP contribution in [-0.2, 0) is 24.3 Å². The number of amides is 1. The maximum atomic E-state index is 12.8. The summed E-state index contributed by atoms with van der Waals surface area (Å²) >= 11 is 0. The molecule has 3 heterocycles. The molecule has 3 aromatic rings. The first-order valence-corrected chi connectivity index (χ1v) is 10.2. The molecule has 4 rings (SSSR count). The van der Waals surface area contributed by atoms with Crippen LogP contribution in [0.3, 0.4) is 0 Å². The molecule has 1 N–H and O–H groups in total. The van der Waals surface area contributed by atoms with E-state index in [-0.39, 0.29) is 11.8 Å². The summed E-state index contributed by atoms with van der Waals surface area (Å²) in [6.07, 6.45) is 6.05. The van der Waals surface area contributed by atoms with Crippen molar-refractivity contribution in [1.82, 2.24) is 19.9 Å². The summed E-state index contributed by atoms with van der Waals surface area (Å²) in [5.74, 6) is 1.61. The van der Waals surface area contributed by atoms with Crippen molar-refractivity contribution in [3.63, 3.8) is 0 Å². The third kappa shape index (κ3) is 4.31. The Kier molecular flexibility index (Phi) is 5.89. The second kappa shape index (κ2) is 8.90. The van der Waals surface area contributed by atoms with Gasteiger partial charge in [0.05, 0.1) is 6.61 Å². The lowest BCUT2D eigenvalue weighted by Gasteiger charge is -2.24. The van der Waals surface area contributed by atoms with Crippen LogP contribution in [0.4, 0.5) is 0 Å². The fraction of sp³-hybridized carbons (Fsp3) is 0.348. The SMILES string of the molecule is CCCOc1ncccc1CNC(=O)C1CCn2c(cnc2-c2ccccc2)C1. The van der Waals surface area contributed by atoms with Crippen LogP contribution >= 0.6 is 0 Å². The van der Waals surface area contributed by atoms with E-state index < -0.39 is 0 Å². The third-order valence-corrected chi connectivity index (χ3v) is 5.24. The van der Waals surface area contributed by atoms with Gasteiger partial charge in [-0.25, -0.2) is 9.97 Å². The molecule has 0 saturated carbocycles. The van der Waals surface area contributed by atoms with E-state index in [0.717, 1.165) is 42.0 Å². The third-order valence-electron chi connectivity index (χ3n) is 5.24. The number of benzene rings is 1. The zero-order chi connectivity index (χ0) is 20.1. The van der Waals surface area contributed by atoms with Crippen LogP contribution in [0, 0.1) is 5.92 Å². The summed E-state index contributed by atoms with van der Waals surface area (Å²) in [5, 5.41) is 3.07. The molecular formula is C23H26N4O2. The lowest BCUT2D eigenvalue weighted by molar-refractivity contribution is -0.125. The van der Waals surface area contributed by atoms with Crippen molar-refractivity contribution in [2.75, 3.05) is 6.61 Å². The van der Waals surface area contributed by atoms with Crippen LogP contribution in [0.25, 0.3) is 11.4 Å². The van der Waals surface area contributed by atoms with Crippen molar-refractivity contribution in [2.45, 2.75) is 39.3 Å². The number of pyridine rings is 1. The quantitative estimate of drug-likeness (QED) is 0.669. The minimum Gasteiger partial charge on any atom is -0.477 e. The number of aromatic nitrogens is 3. The van der Waals surface area contributed by atoms with E-state index in [0.29, 0.717) is 25.5 Å². The van der Waals surface area contributed by atoms with Crippen LogP contribution in [0.1, 0.15) is 31.0 Å². The maximum absolute atomic E-state index is 12.8. The van der Waals surface area contributed by atoms with Crippen molar-refractivity contribution in [3.05, 3.63) is 66.1 Å². The highest BCUT2D eigenvalue weighted by Crippen LogP contribution is 2.27. The molecule has 1 unspecified atom stereocenters. The van der Waals surface area contributed by atoms with Gasteiger partial charge in [-0.1, -0.05) is 43.3 Å². The first-order valence-electron chi connectivity index (χ1n) is 10.2. The maximum Gasteiger partial charge on any atom is 0.223 e. The van der Waals surface area contributed by atoms with Gasteiger partial charge in [0.2, 0.25) is 11.8 Å². The molecule has 1 atom stereocenters. The van der Waals surface area contributed by atoms with Crippen molar-refractivity contribution in [3.8, 4) is 17.3 Å². The van der Waals surface area contributed by atoms with Crippen LogP contribution in [-0.4, -0.2) is 27.0 Å². The molecule has 150 valence electrons. The highest BCUT2D eigenvalue weighted by molar-refractivity contribution is 5.79. The standard InChI is InChI=1S/C23H26N4O2/c1-2-13-29-23-19(9-6-11-24-23)15-26-22(28)18-10-12-27-20(14-18)16-25-21(27)17-7-4-3-5-8-17/h3-9,11,16,18H,2,10,12-15H2,1H3,(H,26,28). The van der Waals surface area contributed by atoms with Gasteiger partial charge in [-0.2, -0.15) is 0 Å². The number of fused-ring (bicyclic) bond motifs is 1. The number of nitrogens with zero attached hydrogens (tertiary/aromatic N) is 3. The minimum atomic E-state index is -0.0421. The monoisotopic (exact) mass is 390 g/mol. The summed E-state index contributed by atoms with van der Waals surface area (Å²) in [4.78, 5) is 21.7. The van der Waals surface area contributed by atoms with Crippen molar-refractivity contribution < 1.29 is 9.53 Å². The number of rotatable bonds is 7. The second-order valence-corrected chi connectivity index (χ2v) is 7.31. The minimum absolute atomic E-state index is 0.0421. The molecule has 1 aromatic carbocycles. The summed E-state index contributed by atoms with van der Waals surface area (Å²) in [6, 6.07) is 14.0. The molecule has 6 nitrogen and oxygen atoms in total. The molecule has 0 bridgehead atoms. The molecule has 0 radical (unpaired) electrons. The van der Waals surface area contributed by atoms with Gasteiger partial charge < -0.3 is 14.6 Å². The van der Waals surface area contributed by atoms with Gasteiger partial charge in [0.1, 0.15) is 5.82 Å². The largest absolute Gasteiger partial charge is 0.477 e. The fourth-order valence-corrected chi connectivity index (χ4v) is 3.72. The molecule has 1 amide bonds. The fourth-order valence-electron chi connectivity index (χ4n) is 3.72. The highest BCUT2D eigenvalue weighted by Gasteiger charge is 2.27. The van der Waals surface area contributed by atoms with Crippen molar-refractivity contribution in [2.24, 2.45) is 5.92 Å². The molecular weight excluding hydrogens is 364 g/mol. The molecule has 0 fully saturated rings. The topological polar surface area (TPSA) is 69.0 Å². The first-order chi connectivity index (χ1) is 14.3. The molecule has 1 aliphatic heterocycles. The van der Waals surface area contributed by atoms with Crippen LogP contribution in [0.5, 0.6) is 5.88 Å². The van der Waals surface area contributed by atoms with E-state index >= 15 is 0 Å². The number of hydrogen-bond donors (Lipinski definition) is 1. The van der Waals surface area contributed by atoms with Crippen LogP contribution < -0.4 is 10.1 Å². The lowest BCUT2D eigenvalue weighted by atomic mass is 9.95. The van der Waals surface area contributed by atoms with E-state index in [9.17, 15) is 4.79 Å². The van der Waals surface area contributed by atoms with E-state index in [4.69, 9.17) is 4.74 Å². The summed E-state index contributed by atoms with van der Waals surface area (Å²) in [7, 11) is 0. The molecule has 0 saturated heterocycles. The van der Waals surface area contributed by atoms with E-state index in [1.165, 1.54) is 0 Å². The second-order valence-electron chi connectivity index (χ2n) is 7.31. The number of imidazole rings is 1. The average Bonchev–Trinajstić information content (AvgIpc) is 3.20. The Hall–Kier alpha value is -3.15. The van der Waals surface area contributed by atoms with Gasteiger partial charge in [0, 0.05) is 54.6 Å². The zero-order valence-electron chi connectivity index (χ0n) is 16.7. The molecule has 2 aromatic heterocycles. The molecule has 1 aliphatic rings. The van der Waals surface area contributed by atoms with Crippen molar-refractivity contribution >= 4 is 5.91 Å². The molecule has 6 heteroatoms.